The molecule has 0 aliphatic carbocycles. The number of benzene rings is 3. The molecule has 1 aromatic heterocycles. The van der Waals surface area contributed by atoms with Crippen LogP contribution >= 0.6 is 0 Å². The van der Waals surface area contributed by atoms with E-state index in [9.17, 15) is 31.1 Å². The van der Waals surface area contributed by atoms with Gasteiger partial charge >= 0.3 is 12.4 Å². The minimum Gasteiger partial charge on any atom is -0.347 e. The number of rotatable bonds is 4. The van der Waals surface area contributed by atoms with Crippen molar-refractivity contribution < 1.29 is 31.1 Å². The quantitative estimate of drug-likeness (QED) is 0.330. The number of halogens is 6. The number of nitrogens with zero attached hydrogens (tertiary/aromatic N) is 2. The highest BCUT2D eigenvalue weighted by Crippen LogP contribution is 2.33. The predicted octanol–water partition coefficient (Wildman–Crippen LogP) is 6.57. The van der Waals surface area contributed by atoms with E-state index in [2.05, 4.69) is 15.3 Å². The monoisotopic (exact) mass is 489 g/mol. The molecule has 0 aliphatic heterocycles. The minimum absolute atomic E-state index is 0.0967. The Hall–Kier alpha value is -3.95. The molecule has 0 atom stereocenters. The second kappa shape index (κ2) is 9.01. The van der Waals surface area contributed by atoms with Crippen molar-refractivity contribution in [2.75, 3.05) is 0 Å². The van der Waals surface area contributed by atoms with Gasteiger partial charge in [-0.05, 0) is 42.8 Å². The molecule has 180 valence electrons. The van der Waals surface area contributed by atoms with Gasteiger partial charge in [-0.2, -0.15) is 26.3 Å². The molecule has 0 saturated carbocycles. The van der Waals surface area contributed by atoms with Crippen molar-refractivity contribution in [2.45, 2.75) is 25.8 Å². The molecule has 0 radical (unpaired) electrons. The van der Waals surface area contributed by atoms with E-state index in [0.717, 1.165) is 29.8 Å². The van der Waals surface area contributed by atoms with Crippen molar-refractivity contribution in [3.05, 3.63) is 94.7 Å². The summed E-state index contributed by atoms with van der Waals surface area (Å²) in [6.07, 6.45) is -9.14. The number of aromatic nitrogens is 2. The van der Waals surface area contributed by atoms with Crippen LogP contribution in [0.5, 0.6) is 0 Å². The number of fused-ring (bicyclic) bond motifs is 1. The number of amides is 1. The highest BCUT2D eigenvalue weighted by atomic mass is 19.4. The van der Waals surface area contributed by atoms with Crippen molar-refractivity contribution in [1.29, 1.82) is 0 Å². The van der Waals surface area contributed by atoms with Crippen molar-refractivity contribution in [1.82, 2.24) is 15.3 Å². The third kappa shape index (κ3) is 5.42. The molecule has 35 heavy (non-hydrogen) atoms. The van der Waals surface area contributed by atoms with E-state index in [-0.39, 0.29) is 29.0 Å². The van der Waals surface area contributed by atoms with Gasteiger partial charge < -0.3 is 5.32 Å². The molecular weight excluding hydrogens is 472 g/mol. The van der Waals surface area contributed by atoms with E-state index in [1.807, 2.05) is 6.92 Å². The molecule has 4 rings (SSSR count). The molecular formula is C25H17F6N3O. The second-order valence-corrected chi connectivity index (χ2v) is 7.87. The van der Waals surface area contributed by atoms with Crippen LogP contribution in [-0.2, 0) is 18.9 Å². The lowest BCUT2D eigenvalue weighted by atomic mass is 10.1. The summed E-state index contributed by atoms with van der Waals surface area (Å²) in [6, 6.07) is 14.1. The summed E-state index contributed by atoms with van der Waals surface area (Å²) in [4.78, 5) is 21.6. The van der Waals surface area contributed by atoms with Crippen LogP contribution in [-0.4, -0.2) is 15.9 Å². The standard InChI is InChI=1S/C25H17F6N3O/c1-14-2-6-16(7-3-14)22-33-20-11-10-18(25(29,30)31)12-19(20)21(34-22)23(35)32-13-15-4-8-17(9-5-15)24(26,27)28/h2-12H,13H2,1H3,(H,32,35). The lowest BCUT2D eigenvalue weighted by Crippen LogP contribution is -2.24. The van der Waals surface area contributed by atoms with Gasteiger partial charge in [0.05, 0.1) is 16.6 Å². The van der Waals surface area contributed by atoms with Gasteiger partial charge in [-0.25, -0.2) is 9.97 Å². The zero-order chi connectivity index (χ0) is 25.4. The van der Waals surface area contributed by atoms with Crippen molar-refractivity contribution in [3.8, 4) is 11.4 Å². The fourth-order valence-electron chi connectivity index (χ4n) is 3.39. The van der Waals surface area contributed by atoms with Crippen LogP contribution < -0.4 is 5.32 Å². The summed E-state index contributed by atoms with van der Waals surface area (Å²) in [5.74, 6) is -0.637. The first-order chi connectivity index (χ1) is 16.4. The van der Waals surface area contributed by atoms with Crippen LogP contribution in [0.2, 0.25) is 0 Å². The second-order valence-electron chi connectivity index (χ2n) is 7.87. The SMILES string of the molecule is Cc1ccc(-c2nc(C(=O)NCc3ccc(C(F)(F)F)cc3)c3cc(C(F)(F)F)ccc3n2)cc1. The van der Waals surface area contributed by atoms with E-state index >= 15 is 0 Å². The Balaban J connectivity index is 1.71. The van der Waals surface area contributed by atoms with Gasteiger partial charge in [0.1, 0.15) is 5.69 Å². The Bertz CT molecular complexity index is 1380. The van der Waals surface area contributed by atoms with Gasteiger partial charge in [0.15, 0.2) is 5.82 Å². The third-order valence-electron chi connectivity index (χ3n) is 5.28. The van der Waals surface area contributed by atoms with Gasteiger partial charge in [-0.15, -0.1) is 0 Å². The third-order valence-corrected chi connectivity index (χ3v) is 5.28. The first kappa shape index (κ1) is 24.2. The highest BCUT2D eigenvalue weighted by molar-refractivity contribution is 6.05. The molecule has 4 aromatic rings. The fraction of sp³-hybridized carbons (Fsp3) is 0.160. The zero-order valence-electron chi connectivity index (χ0n) is 18.1. The van der Waals surface area contributed by atoms with Crippen molar-refractivity contribution >= 4 is 16.8 Å². The Morgan fingerprint density at radius 1 is 0.800 bits per heavy atom. The van der Waals surface area contributed by atoms with Gasteiger partial charge in [0.25, 0.3) is 5.91 Å². The number of alkyl halides is 6. The molecule has 1 amide bonds. The molecule has 3 aromatic carbocycles. The summed E-state index contributed by atoms with van der Waals surface area (Å²) in [5.41, 5.74) is -0.0235. The van der Waals surface area contributed by atoms with Crippen LogP contribution in [0.3, 0.4) is 0 Å². The van der Waals surface area contributed by atoms with Crippen LogP contribution in [0.15, 0.2) is 66.7 Å². The minimum atomic E-state index is -4.64. The molecule has 0 bridgehead atoms. The average Bonchev–Trinajstić information content (AvgIpc) is 2.81. The van der Waals surface area contributed by atoms with E-state index in [4.69, 9.17) is 0 Å². The van der Waals surface area contributed by atoms with E-state index in [1.165, 1.54) is 18.2 Å². The first-order valence-electron chi connectivity index (χ1n) is 10.3. The van der Waals surface area contributed by atoms with Crippen LogP contribution in [0, 0.1) is 6.92 Å². The van der Waals surface area contributed by atoms with Crippen molar-refractivity contribution in [2.24, 2.45) is 0 Å². The molecule has 0 spiro atoms. The number of nitrogens with one attached hydrogen (secondary N) is 1. The fourth-order valence-corrected chi connectivity index (χ4v) is 3.39. The van der Waals surface area contributed by atoms with Crippen LogP contribution in [0.1, 0.15) is 32.7 Å². The van der Waals surface area contributed by atoms with Crippen LogP contribution in [0.4, 0.5) is 26.3 Å². The van der Waals surface area contributed by atoms with E-state index in [0.29, 0.717) is 11.1 Å². The number of hydrogen-bond acceptors (Lipinski definition) is 3. The maximum Gasteiger partial charge on any atom is 0.416 e. The molecule has 0 fully saturated rings. The lowest BCUT2D eigenvalue weighted by Gasteiger charge is -2.13. The maximum atomic E-state index is 13.3. The predicted molar refractivity (Wildman–Crippen MR) is 117 cm³/mol. The Morgan fingerprint density at radius 3 is 2.00 bits per heavy atom. The normalized spacial score (nSPS) is 12.1. The molecule has 1 N–H and O–H groups in total. The molecule has 0 unspecified atom stereocenters. The smallest absolute Gasteiger partial charge is 0.347 e. The van der Waals surface area contributed by atoms with E-state index < -0.39 is 29.4 Å². The molecule has 0 saturated heterocycles. The average molecular weight is 489 g/mol. The zero-order valence-corrected chi connectivity index (χ0v) is 18.1. The van der Waals surface area contributed by atoms with Gasteiger partial charge in [-0.1, -0.05) is 42.0 Å². The summed E-state index contributed by atoms with van der Waals surface area (Å²) < 4.78 is 78.2. The lowest BCUT2D eigenvalue weighted by molar-refractivity contribution is -0.138. The largest absolute Gasteiger partial charge is 0.416 e. The number of carbonyl (C=O) groups excluding carboxylic acids is 1. The Kier molecular flexibility index (Phi) is 6.23. The van der Waals surface area contributed by atoms with Gasteiger partial charge in [-0.3, -0.25) is 4.79 Å². The maximum absolute atomic E-state index is 13.3. The van der Waals surface area contributed by atoms with Gasteiger partial charge in [0, 0.05) is 17.5 Å². The van der Waals surface area contributed by atoms with Crippen molar-refractivity contribution in [3.63, 3.8) is 0 Å². The van der Waals surface area contributed by atoms with Crippen LogP contribution in [0.25, 0.3) is 22.3 Å². The molecule has 0 aliphatic rings. The van der Waals surface area contributed by atoms with E-state index in [1.54, 1.807) is 24.3 Å². The summed E-state index contributed by atoms with van der Waals surface area (Å²) in [6.45, 7) is 1.73. The number of hydrogen-bond donors (Lipinski definition) is 1. The first-order valence-corrected chi connectivity index (χ1v) is 10.3. The number of aryl methyl sites for hydroxylation is 1. The summed E-state index contributed by atoms with van der Waals surface area (Å²) >= 11 is 0. The summed E-state index contributed by atoms with van der Waals surface area (Å²) in [7, 11) is 0. The molecule has 4 nitrogen and oxygen atoms in total. The van der Waals surface area contributed by atoms with Gasteiger partial charge in [0.2, 0.25) is 0 Å². The Labute approximate surface area is 195 Å². The molecule has 10 heteroatoms. The Morgan fingerprint density at radius 2 is 1.40 bits per heavy atom. The molecule has 1 heterocycles. The summed E-state index contributed by atoms with van der Waals surface area (Å²) in [5, 5.41) is 2.42. The number of carbonyl (C=O) groups is 1. The topological polar surface area (TPSA) is 54.9 Å². The highest BCUT2D eigenvalue weighted by Gasteiger charge is 2.32.